The molecule has 1 heterocycles. The Morgan fingerprint density at radius 1 is 1.40 bits per heavy atom. The van der Waals surface area contributed by atoms with E-state index in [1.165, 1.54) is 36.9 Å². The fourth-order valence-corrected chi connectivity index (χ4v) is 2.64. The Hall–Kier alpha value is -0.820. The van der Waals surface area contributed by atoms with Gasteiger partial charge in [0, 0.05) is 6.04 Å². The molecule has 0 aromatic heterocycles. The van der Waals surface area contributed by atoms with Gasteiger partial charge in [0.25, 0.3) is 0 Å². The third-order valence-electron chi connectivity index (χ3n) is 3.55. The van der Waals surface area contributed by atoms with Crippen LogP contribution in [0.2, 0.25) is 0 Å². The predicted molar refractivity (Wildman–Crippen MR) is 65.1 cm³/mol. The highest BCUT2D eigenvalue weighted by molar-refractivity contribution is 5.23. The third-order valence-corrected chi connectivity index (χ3v) is 3.55. The zero-order valence-electron chi connectivity index (χ0n) is 9.79. The minimum absolute atomic E-state index is 0.705. The van der Waals surface area contributed by atoms with Gasteiger partial charge in [0.05, 0.1) is 0 Å². The van der Waals surface area contributed by atoms with E-state index in [0.717, 1.165) is 5.92 Å². The van der Waals surface area contributed by atoms with Crippen LogP contribution in [0.3, 0.4) is 0 Å². The molecular formula is C14H21N. The molecule has 1 saturated heterocycles. The van der Waals surface area contributed by atoms with Crippen LogP contribution in [0.15, 0.2) is 24.3 Å². The number of hydrogen-bond acceptors (Lipinski definition) is 1. The van der Waals surface area contributed by atoms with Crippen molar-refractivity contribution in [3.05, 3.63) is 35.4 Å². The van der Waals surface area contributed by atoms with Crippen LogP contribution in [0.4, 0.5) is 0 Å². The highest BCUT2D eigenvalue weighted by Gasteiger charge is 2.24. The zero-order valence-corrected chi connectivity index (χ0v) is 9.79. The molecule has 0 aliphatic carbocycles. The molecule has 0 unspecified atom stereocenters. The molecule has 0 amide bonds. The van der Waals surface area contributed by atoms with Crippen LogP contribution in [0.25, 0.3) is 0 Å². The van der Waals surface area contributed by atoms with Crippen molar-refractivity contribution in [2.75, 3.05) is 6.54 Å². The van der Waals surface area contributed by atoms with E-state index in [1.54, 1.807) is 0 Å². The number of hydrogen-bond donors (Lipinski definition) is 1. The zero-order chi connectivity index (χ0) is 10.7. The summed E-state index contributed by atoms with van der Waals surface area (Å²) in [4.78, 5) is 0. The number of aryl methyl sites for hydroxylation is 1. The normalized spacial score (nSPS) is 25.7. The summed E-state index contributed by atoms with van der Waals surface area (Å²) in [5.41, 5.74) is 2.85. The van der Waals surface area contributed by atoms with Crippen molar-refractivity contribution in [3.63, 3.8) is 0 Å². The number of nitrogens with one attached hydrogen (secondary N) is 1. The summed E-state index contributed by atoms with van der Waals surface area (Å²) < 4.78 is 0. The van der Waals surface area contributed by atoms with Gasteiger partial charge in [-0.15, -0.1) is 0 Å². The first kappa shape index (κ1) is 10.7. The Labute approximate surface area is 92.9 Å². The lowest BCUT2D eigenvalue weighted by molar-refractivity contribution is 0.433. The predicted octanol–water partition coefficient (Wildman–Crippen LogP) is 2.93. The maximum atomic E-state index is 3.63. The lowest BCUT2D eigenvalue weighted by atomic mass is 9.92. The molecule has 0 radical (unpaired) electrons. The summed E-state index contributed by atoms with van der Waals surface area (Å²) in [5, 5.41) is 3.63. The van der Waals surface area contributed by atoms with E-state index in [-0.39, 0.29) is 0 Å². The topological polar surface area (TPSA) is 12.0 Å². The fraction of sp³-hybridized carbons (Fsp3) is 0.571. The SMILES string of the molecule is CC[C@@H]1CCN[C@@H]1Cc1cccc(C)c1. The quantitative estimate of drug-likeness (QED) is 0.796. The Balaban J connectivity index is 2.02. The van der Waals surface area contributed by atoms with Crippen LogP contribution >= 0.6 is 0 Å². The largest absolute Gasteiger partial charge is 0.313 e. The molecule has 1 aromatic rings. The van der Waals surface area contributed by atoms with Gasteiger partial charge in [0.15, 0.2) is 0 Å². The van der Waals surface area contributed by atoms with Crippen LogP contribution in [0.1, 0.15) is 30.9 Å². The molecule has 2 rings (SSSR count). The van der Waals surface area contributed by atoms with Gasteiger partial charge in [-0.1, -0.05) is 43.2 Å². The Bertz CT molecular complexity index is 319. The van der Waals surface area contributed by atoms with Gasteiger partial charge in [-0.2, -0.15) is 0 Å². The van der Waals surface area contributed by atoms with Crippen molar-refractivity contribution in [2.24, 2.45) is 5.92 Å². The molecule has 82 valence electrons. The van der Waals surface area contributed by atoms with E-state index in [9.17, 15) is 0 Å². The van der Waals surface area contributed by atoms with Crippen LogP contribution in [-0.4, -0.2) is 12.6 Å². The average Bonchev–Trinajstić information content (AvgIpc) is 2.65. The number of rotatable bonds is 3. The van der Waals surface area contributed by atoms with Crippen LogP contribution in [0, 0.1) is 12.8 Å². The Morgan fingerprint density at radius 2 is 2.27 bits per heavy atom. The molecule has 0 saturated carbocycles. The Morgan fingerprint density at radius 3 is 3.00 bits per heavy atom. The third kappa shape index (κ3) is 2.60. The van der Waals surface area contributed by atoms with E-state index < -0.39 is 0 Å². The summed E-state index contributed by atoms with van der Waals surface area (Å²) >= 11 is 0. The molecular weight excluding hydrogens is 182 g/mol. The summed E-state index contributed by atoms with van der Waals surface area (Å²) in [5.74, 6) is 0.880. The summed E-state index contributed by atoms with van der Waals surface area (Å²) in [6.07, 6.45) is 3.86. The van der Waals surface area contributed by atoms with Crippen LogP contribution in [0.5, 0.6) is 0 Å². The highest BCUT2D eigenvalue weighted by atomic mass is 14.9. The van der Waals surface area contributed by atoms with Crippen molar-refractivity contribution in [1.82, 2.24) is 5.32 Å². The minimum atomic E-state index is 0.705. The van der Waals surface area contributed by atoms with Gasteiger partial charge in [0.2, 0.25) is 0 Å². The van der Waals surface area contributed by atoms with Gasteiger partial charge >= 0.3 is 0 Å². The maximum Gasteiger partial charge on any atom is 0.0136 e. The molecule has 1 aliphatic rings. The van der Waals surface area contributed by atoms with Crippen LogP contribution in [-0.2, 0) is 6.42 Å². The average molecular weight is 203 g/mol. The standard InChI is InChI=1S/C14H21N/c1-3-13-7-8-15-14(13)10-12-6-4-5-11(2)9-12/h4-6,9,13-15H,3,7-8,10H2,1-2H3/t13-,14-/m1/s1. The second-order valence-corrected chi connectivity index (χ2v) is 4.71. The molecule has 15 heavy (non-hydrogen) atoms. The summed E-state index contributed by atoms with van der Waals surface area (Å²) in [6, 6.07) is 9.60. The minimum Gasteiger partial charge on any atom is -0.313 e. The van der Waals surface area contributed by atoms with E-state index in [0.29, 0.717) is 6.04 Å². The lowest BCUT2D eigenvalue weighted by Crippen LogP contribution is -2.29. The van der Waals surface area contributed by atoms with E-state index in [4.69, 9.17) is 0 Å². The van der Waals surface area contributed by atoms with Crippen molar-refractivity contribution < 1.29 is 0 Å². The molecule has 0 bridgehead atoms. The molecule has 1 fully saturated rings. The van der Waals surface area contributed by atoms with Crippen molar-refractivity contribution in [1.29, 1.82) is 0 Å². The molecule has 1 aromatic carbocycles. The Kier molecular flexibility index (Phi) is 3.42. The highest BCUT2D eigenvalue weighted by Crippen LogP contribution is 2.22. The van der Waals surface area contributed by atoms with Crippen LogP contribution < -0.4 is 5.32 Å². The van der Waals surface area contributed by atoms with Gasteiger partial charge in [-0.05, 0) is 37.8 Å². The second kappa shape index (κ2) is 4.80. The van der Waals surface area contributed by atoms with Crippen molar-refractivity contribution in [2.45, 2.75) is 39.2 Å². The molecule has 1 heteroatoms. The van der Waals surface area contributed by atoms with Crippen molar-refractivity contribution in [3.8, 4) is 0 Å². The molecule has 1 aliphatic heterocycles. The van der Waals surface area contributed by atoms with E-state index >= 15 is 0 Å². The summed E-state index contributed by atoms with van der Waals surface area (Å²) in [7, 11) is 0. The molecule has 1 N–H and O–H groups in total. The molecule has 0 spiro atoms. The summed E-state index contributed by atoms with van der Waals surface area (Å²) in [6.45, 7) is 5.68. The maximum absolute atomic E-state index is 3.63. The smallest absolute Gasteiger partial charge is 0.0136 e. The first-order valence-electron chi connectivity index (χ1n) is 6.08. The van der Waals surface area contributed by atoms with Gasteiger partial charge in [-0.25, -0.2) is 0 Å². The number of benzene rings is 1. The first-order valence-corrected chi connectivity index (χ1v) is 6.08. The molecule has 1 nitrogen and oxygen atoms in total. The van der Waals surface area contributed by atoms with E-state index in [1.807, 2.05) is 0 Å². The van der Waals surface area contributed by atoms with Gasteiger partial charge in [0.1, 0.15) is 0 Å². The molecule has 2 atom stereocenters. The first-order chi connectivity index (χ1) is 7.29. The monoisotopic (exact) mass is 203 g/mol. The van der Waals surface area contributed by atoms with Gasteiger partial charge in [-0.3, -0.25) is 0 Å². The fourth-order valence-electron chi connectivity index (χ4n) is 2.64. The van der Waals surface area contributed by atoms with Crippen molar-refractivity contribution >= 4 is 0 Å². The van der Waals surface area contributed by atoms with Gasteiger partial charge < -0.3 is 5.32 Å². The second-order valence-electron chi connectivity index (χ2n) is 4.71. The lowest BCUT2D eigenvalue weighted by Gasteiger charge is -2.18. The van der Waals surface area contributed by atoms with E-state index in [2.05, 4.69) is 43.4 Å².